The van der Waals surface area contributed by atoms with Crippen LogP contribution in [0, 0.1) is 5.92 Å². The fraction of sp³-hybridized carbons (Fsp3) is 0.950. The van der Waals surface area contributed by atoms with Crippen LogP contribution in [0.1, 0.15) is 60.8 Å². The van der Waals surface area contributed by atoms with E-state index in [1.165, 1.54) is 0 Å². The average molecular weight is 405 g/mol. The molecule has 1 saturated heterocycles. The number of carbonyl (C=O) groups is 1. The molecule has 1 fully saturated rings. The smallest absolute Gasteiger partial charge is 0.303 e. The highest BCUT2D eigenvalue weighted by atomic mass is 28.4. The molecule has 1 rings (SSSR count). The van der Waals surface area contributed by atoms with E-state index in [1.807, 2.05) is 13.8 Å². The van der Waals surface area contributed by atoms with Gasteiger partial charge in [0, 0.05) is 13.5 Å². The summed E-state index contributed by atoms with van der Waals surface area (Å²) in [6.07, 6.45) is 0.890. The Morgan fingerprint density at radius 3 is 2.33 bits per heavy atom. The maximum atomic E-state index is 10.9. The molecule has 4 atom stereocenters. The second-order valence-electron chi connectivity index (χ2n) is 9.76. The van der Waals surface area contributed by atoms with Crippen molar-refractivity contribution in [2.24, 2.45) is 5.92 Å². The van der Waals surface area contributed by atoms with Crippen molar-refractivity contribution in [2.75, 3.05) is 13.7 Å². The molecule has 0 bridgehead atoms. The molecular weight excluding hydrogens is 364 g/mol. The molecule has 0 spiro atoms. The van der Waals surface area contributed by atoms with Gasteiger partial charge in [0.05, 0.1) is 18.8 Å². The largest absolute Gasteiger partial charge is 0.481 e. The molecule has 6 nitrogen and oxygen atoms in total. The summed E-state index contributed by atoms with van der Waals surface area (Å²) in [6, 6.07) is 0. The van der Waals surface area contributed by atoms with Crippen LogP contribution in [0.15, 0.2) is 0 Å². The van der Waals surface area contributed by atoms with Gasteiger partial charge in [-0.05, 0) is 50.7 Å². The van der Waals surface area contributed by atoms with Crippen molar-refractivity contribution in [3.8, 4) is 0 Å². The van der Waals surface area contributed by atoms with Crippen molar-refractivity contribution in [2.45, 2.75) is 103 Å². The van der Waals surface area contributed by atoms with E-state index in [0.29, 0.717) is 13.0 Å². The molecule has 1 aliphatic rings. The molecule has 0 saturated carbocycles. The normalized spacial score (nSPS) is 23.8. The molecule has 0 aromatic heterocycles. The lowest BCUT2D eigenvalue weighted by molar-refractivity contribution is -0.161. The highest BCUT2D eigenvalue weighted by Crippen LogP contribution is 2.40. The lowest BCUT2D eigenvalue weighted by Gasteiger charge is -2.43. The molecule has 0 aromatic carbocycles. The molecule has 7 heteroatoms. The Morgan fingerprint density at radius 2 is 1.93 bits per heavy atom. The van der Waals surface area contributed by atoms with Crippen molar-refractivity contribution in [1.82, 2.24) is 0 Å². The van der Waals surface area contributed by atoms with Crippen LogP contribution in [0.5, 0.6) is 0 Å². The summed E-state index contributed by atoms with van der Waals surface area (Å²) in [5, 5.41) is 9.01. The lowest BCUT2D eigenvalue weighted by atomic mass is 9.94. The van der Waals surface area contributed by atoms with Crippen LogP contribution in [-0.2, 0) is 23.4 Å². The number of hydrogen-bond acceptors (Lipinski definition) is 5. The number of hydrogen-bond donors (Lipinski definition) is 1. The molecular formula is C20H40O6Si. The predicted octanol–water partition coefficient (Wildman–Crippen LogP) is 4.43. The lowest BCUT2D eigenvalue weighted by Crippen LogP contribution is -2.52. The van der Waals surface area contributed by atoms with Gasteiger partial charge in [0.2, 0.25) is 0 Å². The Bertz CT molecular complexity index is 485. The monoisotopic (exact) mass is 404 g/mol. The van der Waals surface area contributed by atoms with Crippen molar-refractivity contribution in [3.63, 3.8) is 0 Å². The first-order valence-corrected chi connectivity index (χ1v) is 12.8. The SMILES string of the molecule is CO[C@@H](C[C@@H](C)CCC(=O)O)[C@@H](O[Si](C)(C)C(C)(C)C)[C@@H]1COC(C)(C)O1. The predicted molar refractivity (Wildman–Crippen MR) is 108 cm³/mol. The van der Waals surface area contributed by atoms with Gasteiger partial charge in [0.25, 0.3) is 0 Å². The number of carboxylic acid groups (broad SMARTS) is 1. The maximum Gasteiger partial charge on any atom is 0.303 e. The third-order valence-electron chi connectivity index (χ3n) is 5.79. The third-order valence-corrected chi connectivity index (χ3v) is 10.3. The maximum absolute atomic E-state index is 10.9. The number of ether oxygens (including phenoxy) is 3. The Hall–Kier alpha value is -0.473. The van der Waals surface area contributed by atoms with Gasteiger partial charge in [-0.25, -0.2) is 0 Å². The van der Waals surface area contributed by atoms with Gasteiger partial charge in [0.1, 0.15) is 6.10 Å². The molecule has 0 aromatic rings. The summed E-state index contributed by atoms with van der Waals surface area (Å²) in [7, 11) is -0.366. The van der Waals surface area contributed by atoms with Crippen LogP contribution in [0.4, 0.5) is 0 Å². The molecule has 160 valence electrons. The van der Waals surface area contributed by atoms with Crippen LogP contribution in [0.25, 0.3) is 0 Å². The van der Waals surface area contributed by atoms with Crippen LogP contribution in [0.3, 0.4) is 0 Å². The second kappa shape index (κ2) is 9.35. The standard InChI is InChI=1S/C20H40O6Si/c1-14(10-11-17(21)22)12-15(23-7)18(16-13-24-20(5,6)25-16)26-27(8,9)19(2,3)4/h14-16,18H,10-13H2,1-9H3,(H,21,22)/t14-,15-,16-,18+/m0/s1. The van der Waals surface area contributed by atoms with Crippen LogP contribution < -0.4 is 0 Å². The van der Waals surface area contributed by atoms with E-state index in [2.05, 4.69) is 40.8 Å². The molecule has 1 aliphatic heterocycles. The van der Waals surface area contributed by atoms with Gasteiger partial charge in [-0.15, -0.1) is 0 Å². The minimum Gasteiger partial charge on any atom is -0.481 e. The molecule has 0 aliphatic carbocycles. The van der Waals surface area contributed by atoms with E-state index in [0.717, 1.165) is 6.42 Å². The first-order valence-electron chi connectivity index (χ1n) is 9.92. The van der Waals surface area contributed by atoms with Gasteiger partial charge in [-0.1, -0.05) is 27.7 Å². The van der Waals surface area contributed by atoms with Gasteiger partial charge < -0.3 is 23.7 Å². The Morgan fingerprint density at radius 1 is 1.33 bits per heavy atom. The topological polar surface area (TPSA) is 74.2 Å². The summed E-state index contributed by atoms with van der Waals surface area (Å²) >= 11 is 0. The number of carboxylic acids is 1. The Balaban J connectivity index is 2.98. The van der Waals surface area contributed by atoms with Crippen molar-refractivity contribution >= 4 is 14.3 Å². The highest BCUT2D eigenvalue weighted by Gasteiger charge is 2.47. The first-order chi connectivity index (χ1) is 12.2. The average Bonchev–Trinajstić information content (AvgIpc) is 2.87. The fourth-order valence-corrected chi connectivity index (χ4v) is 4.37. The Labute approximate surface area is 166 Å². The zero-order valence-corrected chi connectivity index (χ0v) is 19.6. The van der Waals surface area contributed by atoms with Crippen LogP contribution >= 0.6 is 0 Å². The number of aliphatic carboxylic acids is 1. The van der Waals surface area contributed by atoms with E-state index in [9.17, 15) is 4.79 Å². The Kier molecular flexibility index (Phi) is 8.51. The van der Waals surface area contributed by atoms with Gasteiger partial charge >= 0.3 is 5.97 Å². The molecule has 0 amide bonds. The summed E-state index contributed by atoms with van der Waals surface area (Å²) in [5.74, 6) is -1.18. The fourth-order valence-electron chi connectivity index (χ4n) is 3.03. The van der Waals surface area contributed by atoms with Gasteiger partial charge in [-0.2, -0.15) is 0 Å². The summed E-state index contributed by atoms with van der Waals surface area (Å²) in [5.41, 5.74) is 0. The molecule has 27 heavy (non-hydrogen) atoms. The van der Waals surface area contributed by atoms with Crippen molar-refractivity contribution in [3.05, 3.63) is 0 Å². The number of rotatable bonds is 10. The van der Waals surface area contributed by atoms with Crippen LogP contribution in [0.2, 0.25) is 18.1 Å². The molecule has 1 heterocycles. The van der Waals surface area contributed by atoms with Crippen molar-refractivity contribution in [1.29, 1.82) is 0 Å². The zero-order chi connectivity index (χ0) is 21.0. The molecule has 0 unspecified atom stereocenters. The third kappa shape index (κ3) is 7.46. The van der Waals surface area contributed by atoms with E-state index >= 15 is 0 Å². The number of methoxy groups -OCH3 is 1. The van der Waals surface area contributed by atoms with Gasteiger partial charge in [0.15, 0.2) is 14.1 Å². The minimum absolute atomic E-state index is 0.0629. The molecule has 1 N–H and O–H groups in total. The zero-order valence-electron chi connectivity index (χ0n) is 18.6. The first kappa shape index (κ1) is 24.6. The summed E-state index contributed by atoms with van der Waals surface area (Å²) in [6.45, 7) is 17.4. The summed E-state index contributed by atoms with van der Waals surface area (Å²) < 4.78 is 24.5. The summed E-state index contributed by atoms with van der Waals surface area (Å²) in [4.78, 5) is 10.9. The van der Waals surface area contributed by atoms with E-state index in [4.69, 9.17) is 23.7 Å². The molecule has 0 radical (unpaired) electrons. The van der Waals surface area contributed by atoms with Crippen LogP contribution in [-0.4, -0.2) is 57.2 Å². The van der Waals surface area contributed by atoms with E-state index < -0.39 is 20.1 Å². The minimum atomic E-state index is -2.06. The van der Waals surface area contributed by atoms with Crippen molar-refractivity contribution < 1.29 is 28.5 Å². The second-order valence-corrected chi connectivity index (χ2v) is 14.5. The van der Waals surface area contributed by atoms with E-state index in [-0.39, 0.29) is 35.7 Å². The van der Waals surface area contributed by atoms with Gasteiger partial charge in [-0.3, -0.25) is 4.79 Å². The quantitative estimate of drug-likeness (QED) is 0.543. The highest BCUT2D eigenvalue weighted by molar-refractivity contribution is 6.74. The van der Waals surface area contributed by atoms with E-state index in [1.54, 1.807) is 7.11 Å².